The normalized spacial score (nSPS) is 29.7. The van der Waals surface area contributed by atoms with Crippen LogP contribution < -0.4 is 5.32 Å². The second-order valence-corrected chi connectivity index (χ2v) is 6.89. The van der Waals surface area contributed by atoms with Crippen molar-refractivity contribution in [3.63, 3.8) is 0 Å². The van der Waals surface area contributed by atoms with Gasteiger partial charge in [-0.25, -0.2) is 0 Å². The molecular formula is C18H27N3O2. The van der Waals surface area contributed by atoms with Crippen LogP contribution in [0.1, 0.15) is 23.4 Å². The molecular weight excluding hydrogens is 290 g/mol. The van der Waals surface area contributed by atoms with Crippen LogP contribution in [0.2, 0.25) is 0 Å². The Morgan fingerprint density at radius 3 is 3.13 bits per heavy atom. The van der Waals surface area contributed by atoms with E-state index in [2.05, 4.69) is 28.7 Å². The van der Waals surface area contributed by atoms with Crippen molar-refractivity contribution in [1.82, 2.24) is 15.1 Å². The van der Waals surface area contributed by atoms with E-state index in [0.717, 1.165) is 38.0 Å². The van der Waals surface area contributed by atoms with Gasteiger partial charge in [-0.3, -0.25) is 9.69 Å². The zero-order chi connectivity index (χ0) is 16.2. The molecule has 1 N–H and O–H groups in total. The molecule has 1 aromatic heterocycles. The summed E-state index contributed by atoms with van der Waals surface area (Å²) in [5.74, 6) is 1.80. The van der Waals surface area contributed by atoms with E-state index in [1.165, 1.54) is 19.1 Å². The third-order valence-corrected chi connectivity index (χ3v) is 5.24. The van der Waals surface area contributed by atoms with Gasteiger partial charge in [0.25, 0.3) is 5.91 Å². The summed E-state index contributed by atoms with van der Waals surface area (Å²) in [4.78, 5) is 16.9. The van der Waals surface area contributed by atoms with E-state index in [1.807, 2.05) is 6.08 Å². The lowest BCUT2D eigenvalue weighted by Crippen LogP contribution is -2.58. The summed E-state index contributed by atoms with van der Waals surface area (Å²) in [6, 6.07) is 3.91. The summed E-state index contributed by atoms with van der Waals surface area (Å²) in [5, 5.41) is 3.02. The molecule has 1 aromatic rings. The zero-order valence-corrected chi connectivity index (χ0v) is 13.9. The van der Waals surface area contributed by atoms with Gasteiger partial charge in [0.2, 0.25) is 0 Å². The monoisotopic (exact) mass is 317 g/mol. The number of piperidine rings is 3. The first-order valence-electron chi connectivity index (χ1n) is 8.52. The molecule has 0 aliphatic carbocycles. The van der Waals surface area contributed by atoms with Crippen LogP contribution in [0.3, 0.4) is 0 Å². The number of rotatable bonds is 7. The first-order valence-corrected chi connectivity index (χ1v) is 8.52. The molecule has 0 spiro atoms. The van der Waals surface area contributed by atoms with E-state index in [0.29, 0.717) is 18.3 Å². The molecule has 126 valence electrons. The van der Waals surface area contributed by atoms with Gasteiger partial charge < -0.3 is 14.6 Å². The van der Waals surface area contributed by atoms with Gasteiger partial charge in [0.1, 0.15) is 0 Å². The summed E-state index contributed by atoms with van der Waals surface area (Å²) in [6.45, 7) is 8.92. The largest absolute Gasteiger partial charge is 0.459 e. The summed E-state index contributed by atoms with van der Waals surface area (Å²) in [7, 11) is 2.17. The molecule has 0 radical (unpaired) electrons. The first kappa shape index (κ1) is 16.3. The second-order valence-electron chi connectivity index (χ2n) is 6.89. The number of hydrogen-bond acceptors (Lipinski definition) is 4. The third-order valence-electron chi connectivity index (χ3n) is 5.24. The van der Waals surface area contributed by atoms with Crippen LogP contribution in [0, 0.1) is 11.8 Å². The molecule has 4 rings (SSSR count). The predicted molar refractivity (Wildman–Crippen MR) is 90.3 cm³/mol. The van der Waals surface area contributed by atoms with Crippen molar-refractivity contribution in [1.29, 1.82) is 0 Å². The quantitative estimate of drug-likeness (QED) is 0.780. The summed E-state index contributed by atoms with van der Waals surface area (Å²) >= 11 is 0. The van der Waals surface area contributed by atoms with Gasteiger partial charge in [0.15, 0.2) is 5.76 Å². The molecule has 1 amide bonds. The fourth-order valence-corrected chi connectivity index (χ4v) is 4.07. The van der Waals surface area contributed by atoms with Crippen LogP contribution in [-0.4, -0.2) is 61.5 Å². The highest BCUT2D eigenvalue weighted by Gasteiger charge is 2.40. The molecule has 4 unspecified atom stereocenters. The van der Waals surface area contributed by atoms with E-state index >= 15 is 0 Å². The average molecular weight is 317 g/mol. The molecule has 2 bridgehead atoms. The number of carbonyl (C=O) groups excluding carboxylic acids is 1. The van der Waals surface area contributed by atoms with Gasteiger partial charge >= 0.3 is 0 Å². The lowest BCUT2D eigenvalue weighted by molar-refractivity contribution is -0.00785. The average Bonchev–Trinajstić information content (AvgIpc) is 3.08. The highest BCUT2D eigenvalue weighted by atomic mass is 16.3. The Balaban J connectivity index is 1.49. The lowest BCUT2D eigenvalue weighted by atomic mass is 9.75. The van der Waals surface area contributed by atoms with Gasteiger partial charge in [-0.15, -0.1) is 6.58 Å². The molecule has 4 atom stereocenters. The Morgan fingerprint density at radius 1 is 1.61 bits per heavy atom. The molecule has 3 saturated heterocycles. The highest BCUT2D eigenvalue weighted by Crippen LogP contribution is 2.36. The maximum absolute atomic E-state index is 12.0. The van der Waals surface area contributed by atoms with Crippen LogP contribution in [0.25, 0.3) is 0 Å². The number of nitrogens with one attached hydrogen (secondary N) is 1. The zero-order valence-electron chi connectivity index (χ0n) is 13.9. The van der Waals surface area contributed by atoms with Crippen molar-refractivity contribution in [3.8, 4) is 0 Å². The summed E-state index contributed by atoms with van der Waals surface area (Å²) in [5.41, 5.74) is 0. The Morgan fingerprint density at radius 2 is 2.48 bits per heavy atom. The maximum atomic E-state index is 12.0. The number of nitrogens with zero attached hydrogens (tertiary/aromatic N) is 2. The van der Waals surface area contributed by atoms with Crippen molar-refractivity contribution >= 4 is 5.91 Å². The molecule has 3 fully saturated rings. The van der Waals surface area contributed by atoms with Gasteiger partial charge in [-0.2, -0.15) is 0 Å². The van der Waals surface area contributed by atoms with Crippen molar-refractivity contribution in [2.24, 2.45) is 11.8 Å². The molecule has 0 saturated carbocycles. The van der Waals surface area contributed by atoms with Crippen LogP contribution in [0.4, 0.5) is 0 Å². The smallest absolute Gasteiger partial charge is 0.287 e. The number of hydrogen-bond donors (Lipinski definition) is 1. The Hall–Kier alpha value is -1.59. The van der Waals surface area contributed by atoms with Crippen molar-refractivity contribution in [2.75, 3.05) is 39.8 Å². The fraction of sp³-hybridized carbons (Fsp3) is 0.611. The van der Waals surface area contributed by atoms with Crippen molar-refractivity contribution in [3.05, 3.63) is 36.8 Å². The number of amides is 1. The maximum Gasteiger partial charge on any atom is 0.287 e. The van der Waals surface area contributed by atoms with Crippen LogP contribution in [0.5, 0.6) is 0 Å². The number of carbonyl (C=O) groups is 1. The van der Waals surface area contributed by atoms with E-state index < -0.39 is 0 Å². The molecule has 0 aromatic carbocycles. The molecule has 4 heterocycles. The van der Waals surface area contributed by atoms with Crippen LogP contribution >= 0.6 is 0 Å². The Labute approximate surface area is 138 Å². The molecule has 23 heavy (non-hydrogen) atoms. The molecule has 5 heteroatoms. The van der Waals surface area contributed by atoms with Crippen molar-refractivity contribution in [2.45, 2.75) is 18.9 Å². The standard InChI is InChI=1S/C18H27N3O2/c1-3-7-20(2)12-15-13-21-8-6-14(15)10-16(21)11-19-18(22)17-5-4-9-23-17/h3-5,9,14-16H,1,6-8,10-13H2,2H3,(H,19,22). The van der Waals surface area contributed by atoms with Crippen LogP contribution in [-0.2, 0) is 0 Å². The van der Waals surface area contributed by atoms with Gasteiger partial charge in [-0.1, -0.05) is 6.08 Å². The summed E-state index contributed by atoms with van der Waals surface area (Å²) < 4.78 is 5.14. The van der Waals surface area contributed by atoms with E-state index in [1.54, 1.807) is 12.1 Å². The Kier molecular flexibility index (Phi) is 5.18. The molecule has 3 aliphatic rings. The van der Waals surface area contributed by atoms with Gasteiger partial charge in [0, 0.05) is 32.2 Å². The van der Waals surface area contributed by atoms with Crippen LogP contribution in [0.15, 0.2) is 35.5 Å². The minimum Gasteiger partial charge on any atom is -0.459 e. The van der Waals surface area contributed by atoms with Gasteiger partial charge in [-0.05, 0) is 50.4 Å². The van der Waals surface area contributed by atoms with E-state index in [9.17, 15) is 4.79 Å². The third kappa shape index (κ3) is 3.85. The second kappa shape index (κ2) is 7.32. The van der Waals surface area contributed by atoms with E-state index in [4.69, 9.17) is 4.42 Å². The SMILES string of the molecule is C=CCN(C)CC1CN2CCC1CC2CNC(=O)c1ccco1. The lowest BCUT2D eigenvalue weighted by Gasteiger charge is -2.50. The molecule has 3 aliphatic heterocycles. The fourth-order valence-electron chi connectivity index (χ4n) is 4.07. The van der Waals surface area contributed by atoms with Crippen molar-refractivity contribution < 1.29 is 9.21 Å². The molecule has 5 nitrogen and oxygen atoms in total. The Bertz CT molecular complexity index is 528. The minimum absolute atomic E-state index is 0.111. The first-order chi connectivity index (χ1) is 11.2. The number of fused-ring (bicyclic) bond motifs is 3. The highest BCUT2D eigenvalue weighted by molar-refractivity contribution is 5.91. The van der Waals surface area contributed by atoms with Gasteiger partial charge in [0.05, 0.1) is 6.26 Å². The van der Waals surface area contributed by atoms with E-state index in [-0.39, 0.29) is 5.91 Å². The number of likely N-dealkylation sites (N-methyl/N-ethyl adjacent to an activating group) is 1. The minimum atomic E-state index is -0.111. The topological polar surface area (TPSA) is 48.7 Å². The predicted octanol–water partition coefficient (Wildman–Crippen LogP) is 1.84. The summed E-state index contributed by atoms with van der Waals surface area (Å²) in [6.07, 6.45) is 5.97. The number of furan rings is 1.